The molecule has 53 heavy (non-hydrogen) atoms. The molecular weight excluding hydrogens is 748 g/mol. The summed E-state index contributed by atoms with van der Waals surface area (Å²) in [5, 5.41) is 0.868. The molecule has 12 fully saturated rings. The van der Waals surface area contributed by atoms with Gasteiger partial charge in [0.2, 0.25) is 11.6 Å². The predicted molar refractivity (Wildman–Crippen MR) is 192 cm³/mol. The maximum Gasteiger partial charge on any atom is 0.283 e. The molecule has 300 valence electrons. The van der Waals surface area contributed by atoms with E-state index >= 15 is 0 Å². The third-order valence-corrected chi connectivity index (χ3v) is 17.1. The quantitative estimate of drug-likeness (QED) is 0.186. The first-order chi connectivity index (χ1) is 25.4. The maximum absolute atomic E-state index is 7.11. The minimum Gasteiger partial charge on any atom is -0.346 e. The van der Waals surface area contributed by atoms with Crippen LogP contribution in [0, 0.1) is 59.2 Å². The fourth-order valence-electron chi connectivity index (χ4n) is 13.5. The van der Waals surface area contributed by atoms with Gasteiger partial charge in [-0.05, 0) is 107 Å². The second-order valence-electron chi connectivity index (χ2n) is 19.6. The Morgan fingerprint density at radius 2 is 1.08 bits per heavy atom. The largest absolute Gasteiger partial charge is 0.346 e. The minimum absolute atomic E-state index is 0.0225. The van der Waals surface area contributed by atoms with E-state index in [9.17, 15) is 0 Å². The molecule has 10 saturated heterocycles. The van der Waals surface area contributed by atoms with Crippen LogP contribution in [0.15, 0.2) is 0 Å². The number of alkyl halides is 1. The van der Waals surface area contributed by atoms with Gasteiger partial charge in [0.15, 0.2) is 23.8 Å². The summed E-state index contributed by atoms with van der Waals surface area (Å²) in [5.41, 5.74) is -1.13. The zero-order chi connectivity index (χ0) is 36.5. The van der Waals surface area contributed by atoms with Crippen LogP contribution in [0.25, 0.3) is 0 Å². The summed E-state index contributed by atoms with van der Waals surface area (Å²) in [6.45, 7) is 14.6. The van der Waals surface area contributed by atoms with E-state index in [2.05, 4.69) is 43.6 Å². The van der Waals surface area contributed by atoms with Gasteiger partial charge in [0.05, 0.1) is 31.5 Å². The highest BCUT2D eigenvalue weighted by molar-refractivity contribution is 9.09. The summed E-state index contributed by atoms with van der Waals surface area (Å²) < 4.78 is 47.9. The average Bonchev–Trinajstić information content (AvgIpc) is 3.52. The lowest BCUT2D eigenvalue weighted by Gasteiger charge is -2.61. The van der Waals surface area contributed by atoms with E-state index in [-0.39, 0.29) is 53.8 Å². The Hall–Kier alpha value is 0.0400. The first kappa shape index (κ1) is 37.3. The van der Waals surface area contributed by atoms with Gasteiger partial charge >= 0.3 is 0 Å². The van der Waals surface area contributed by atoms with Crippen molar-refractivity contribution in [3.63, 3.8) is 0 Å². The zero-order valence-electron chi connectivity index (χ0n) is 32.6. The topological polar surface area (TPSA) is 102 Å². The summed E-state index contributed by atoms with van der Waals surface area (Å²) >= 11 is 3.62. The fourth-order valence-corrected chi connectivity index (χ4v) is 13.8. The van der Waals surface area contributed by atoms with Crippen molar-refractivity contribution < 1.29 is 52.7 Å². The number of ether oxygens (including phenoxy) is 7. The Balaban J connectivity index is 0.912. The second-order valence-corrected chi connectivity index (χ2v) is 20.4. The minimum atomic E-state index is -1.01. The summed E-state index contributed by atoms with van der Waals surface area (Å²) in [5.74, 6) is 0.538. The van der Waals surface area contributed by atoms with Crippen molar-refractivity contribution in [2.24, 2.45) is 59.2 Å². The van der Waals surface area contributed by atoms with Crippen LogP contribution in [-0.2, 0) is 52.7 Å². The van der Waals surface area contributed by atoms with E-state index in [1.54, 1.807) is 0 Å². The first-order valence-electron chi connectivity index (χ1n) is 21.3. The molecule has 2 spiro atoms. The molecule has 10 heterocycles. The van der Waals surface area contributed by atoms with E-state index in [4.69, 9.17) is 52.7 Å². The van der Waals surface area contributed by atoms with Crippen LogP contribution in [0.5, 0.6) is 0 Å². The van der Waals surface area contributed by atoms with Crippen molar-refractivity contribution in [3.05, 3.63) is 0 Å². The fraction of sp³-hybridized carbons (Fsp3) is 1.00. The molecule has 11 nitrogen and oxygen atoms in total. The lowest BCUT2D eigenvalue weighted by atomic mass is 9.57. The molecule has 2 unspecified atom stereocenters. The Kier molecular flexibility index (Phi) is 9.35. The van der Waals surface area contributed by atoms with Gasteiger partial charge in [-0.2, -0.15) is 0 Å². The standard InChI is InChI=1S/C41H63BrO11/c1-22-8-10-30-24(3)32(45-35-40(30)28(22)12-15-37(5,48-35)50-52-40)18-26-20-43-39(14-7-17-42)44-21-27(34(26)47-39)19-33-25(4)31-11-9-23(2)29-13-16-38(6)49-36(46-33)41(29,31)53-51-38/h22-36H,7-21H2,1-6H3/t22-,23-,24-,25-,26?,27?,28+,29+,30+,31+,32-,33-,34?,35-,36-,37+,38+,39?,40-,41-/m1/s1. The van der Waals surface area contributed by atoms with Crippen LogP contribution in [0.4, 0.5) is 0 Å². The molecule has 10 aliphatic heterocycles. The summed E-state index contributed by atoms with van der Waals surface area (Å²) in [6, 6.07) is 0. The Morgan fingerprint density at radius 1 is 0.585 bits per heavy atom. The molecule has 2 aliphatic carbocycles. The lowest BCUT2D eigenvalue weighted by Crippen LogP contribution is -2.71. The molecule has 0 amide bonds. The van der Waals surface area contributed by atoms with Gasteiger partial charge in [0.25, 0.3) is 5.97 Å². The highest BCUT2D eigenvalue weighted by atomic mass is 79.9. The van der Waals surface area contributed by atoms with Gasteiger partial charge in [0, 0.05) is 48.3 Å². The van der Waals surface area contributed by atoms with Gasteiger partial charge in [0.1, 0.15) is 0 Å². The normalized spacial score (nSPS) is 59.7. The third kappa shape index (κ3) is 5.64. The predicted octanol–water partition coefficient (Wildman–Crippen LogP) is 7.77. The first-order valence-corrected chi connectivity index (χ1v) is 22.5. The summed E-state index contributed by atoms with van der Waals surface area (Å²) in [6.07, 6.45) is 10.5. The van der Waals surface area contributed by atoms with Crippen molar-refractivity contribution >= 4 is 15.9 Å². The molecule has 0 radical (unpaired) electrons. The van der Waals surface area contributed by atoms with E-state index < -0.39 is 41.3 Å². The maximum atomic E-state index is 7.11. The number of fused-ring (bicyclic) bond motifs is 6. The van der Waals surface area contributed by atoms with Gasteiger partial charge in [-0.15, -0.1) is 0 Å². The van der Waals surface area contributed by atoms with E-state index in [1.807, 2.05) is 13.8 Å². The molecule has 0 aromatic heterocycles. The molecule has 12 rings (SSSR count). The molecule has 18 atom stereocenters. The number of hydrogen-bond donors (Lipinski definition) is 0. The number of rotatable bonds is 7. The zero-order valence-corrected chi connectivity index (χ0v) is 34.2. The molecule has 6 bridgehead atoms. The number of hydrogen-bond acceptors (Lipinski definition) is 11. The molecule has 2 saturated carbocycles. The average molecular weight is 812 g/mol. The molecule has 12 heteroatoms. The molecular formula is C41H63BrO11. The Morgan fingerprint density at radius 3 is 1.55 bits per heavy atom. The van der Waals surface area contributed by atoms with E-state index in [0.717, 1.165) is 63.1 Å². The Bertz CT molecular complexity index is 1300. The highest BCUT2D eigenvalue weighted by Crippen LogP contribution is 2.63. The van der Waals surface area contributed by atoms with Crippen molar-refractivity contribution in [2.75, 3.05) is 18.5 Å². The van der Waals surface area contributed by atoms with Crippen molar-refractivity contribution in [1.29, 1.82) is 0 Å². The van der Waals surface area contributed by atoms with E-state index in [0.29, 0.717) is 43.3 Å². The number of halogens is 1. The van der Waals surface area contributed by atoms with E-state index in [1.165, 1.54) is 12.8 Å². The van der Waals surface area contributed by atoms with Crippen LogP contribution in [-0.4, -0.2) is 78.2 Å². The van der Waals surface area contributed by atoms with Gasteiger partial charge < -0.3 is 33.2 Å². The van der Waals surface area contributed by atoms with Gasteiger partial charge in [-0.25, -0.2) is 19.6 Å². The van der Waals surface area contributed by atoms with Crippen LogP contribution in [0.2, 0.25) is 0 Å². The van der Waals surface area contributed by atoms with Crippen LogP contribution >= 0.6 is 15.9 Å². The molecule has 12 aliphatic rings. The third-order valence-electron chi connectivity index (χ3n) is 16.6. The highest BCUT2D eigenvalue weighted by Gasteiger charge is 2.71. The van der Waals surface area contributed by atoms with Gasteiger partial charge in [-0.1, -0.05) is 43.6 Å². The van der Waals surface area contributed by atoms with Crippen LogP contribution in [0.3, 0.4) is 0 Å². The summed E-state index contributed by atoms with van der Waals surface area (Å²) in [7, 11) is 0. The van der Waals surface area contributed by atoms with Crippen LogP contribution in [0.1, 0.15) is 119 Å². The SMILES string of the molecule is C[C@H]1[C@@H](CC2COC3(CCCBr)OCC(C[C@H]4O[C@@H]5O[C@]6(C)CC[C@H]7[C@H](C)CC[C@@H]([C@H]4C)[C@@]57OO6)C2O3)O[C@@H]2O[C@]3(C)CC[C@H]4[C@H](C)CC[C@@H]1[C@@]24OO3. The summed E-state index contributed by atoms with van der Waals surface area (Å²) in [4.78, 5) is 25.1. The van der Waals surface area contributed by atoms with Gasteiger partial charge in [-0.3, -0.25) is 0 Å². The lowest BCUT2D eigenvalue weighted by molar-refractivity contribution is -0.571. The smallest absolute Gasteiger partial charge is 0.283 e. The van der Waals surface area contributed by atoms with Crippen molar-refractivity contribution in [3.8, 4) is 0 Å². The van der Waals surface area contributed by atoms with Crippen LogP contribution < -0.4 is 0 Å². The Labute approximate surface area is 323 Å². The van der Waals surface area contributed by atoms with Crippen molar-refractivity contribution in [1.82, 2.24) is 0 Å². The molecule has 0 aromatic carbocycles. The monoisotopic (exact) mass is 810 g/mol. The molecule has 0 N–H and O–H groups in total. The van der Waals surface area contributed by atoms with Crippen molar-refractivity contribution in [2.45, 2.75) is 178 Å². The molecule has 0 aromatic rings. The second kappa shape index (κ2) is 13.3.